The molecule has 0 fully saturated rings. The van der Waals surface area contributed by atoms with Crippen LogP contribution in [0.4, 0.5) is 18.9 Å². The lowest BCUT2D eigenvalue weighted by Gasteiger charge is -2.09. The number of esters is 1. The van der Waals surface area contributed by atoms with Crippen LogP contribution in [0.1, 0.15) is 0 Å². The van der Waals surface area contributed by atoms with Gasteiger partial charge in [0.05, 0.1) is 16.9 Å². The Kier molecular flexibility index (Phi) is 5.24. The second-order valence-electron chi connectivity index (χ2n) is 3.47. The van der Waals surface area contributed by atoms with Gasteiger partial charge in [-0.3, -0.25) is 10.1 Å². The molecule has 1 aromatic rings. The van der Waals surface area contributed by atoms with E-state index in [1.807, 2.05) is 0 Å². The molecule has 116 valence electrons. The van der Waals surface area contributed by atoms with Crippen LogP contribution in [0.2, 0.25) is 0 Å². The van der Waals surface area contributed by atoms with Gasteiger partial charge >= 0.3 is 17.2 Å². The molecule has 1 unspecified atom stereocenters. The Morgan fingerprint density at radius 1 is 1.43 bits per heavy atom. The Labute approximate surface area is 118 Å². The summed E-state index contributed by atoms with van der Waals surface area (Å²) in [5, 5.41) is 10.8. The minimum Gasteiger partial charge on any atom is -0.475 e. The number of carbonyl (C=O) groups excluding carboxylic acids is 1. The number of hydrogen-bond donors (Lipinski definition) is 0. The highest BCUT2D eigenvalue weighted by Crippen LogP contribution is 2.33. The summed E-state index contributed by atoms with van der Waals surface area (Å²) in [6.07, 6.45) is 0. The standard InChI is InChI=1S/C10H8F3NO6S/c1-19-9(15)5-20-8-3-2-6(4-7(8)14(16)17)21(18)10(11,12)13/h2-4H,5H2,1H3. The summed E-state index contributed by atoms with van der Waals surface area (Å²) in [4.78, 5) is 19.8. The van der Waals surface area contributed by atoms with Crippen molar-refractivity contribution in [3.05, 3.63) is 28.3 Å². The minimum atomic E-state index is -5.04. The Balaban J connectivity index is 3.11. The molecule has 21 heavy (non-hydrogen) atoms. The fourth-order valence-electron chi connectivity index (χ4n) is 1.21. The van der Waals surface area contributed by atoms with Gasteiger partial charge in [0.15, 0.2) is 23.2 Å². The maximum atomic E-state index is 12.3. The van der Waals surface area contributed by atoms with Gasteiger partial charge in [-0.1, -0.05) is 0 Å². The van der Waals surface area contributed by atoms with Gasteiger partial charge in [-0.15, -0.1) is 0 Å². The molecule has 0 saturated heterocycles. The molecule has 1 atom stereocenters. The first-order valence-corrected chi connectivity index (χ1v) is 6.28. The monoisotopic (exact) mass is 327 g/mol. The van der Waals surface area contributed by atoms with Crippen LogP contribution in [0.15, 0.2) is 23.1 Å². The van der Waals surface area contributed by atoms with Crippen molar-refractivity contribution in [3.8, 4) is 5.75 Å². The van der Waals surface area contributed by atoms with E-state index in [1.165, 1.54) is 0 Å². The van der Waals surface area contributed by atoms with Gasteiger partial charge in [0.1, 0.15) is 0 Å². The van der Waals surface area contributed by atoms with E-state index in [2.05, 4.69) is 4.74 Å². The first-order chi connectivity index (χ1) is 9.66. The van der Waals surface area contributed by atoms with E-state index in [1.54, 1.807) is 0 Å². The molecule has 0 saturated carbocycles. The van der Waals surface area contributed by atoms with Gasteiger partial charge in [-0.25, -0.2) is 9.00 Å². The number of halogens is 3. The molecule has 7 nitrogen and oxygen atoms in total. The van der Waals surface area contributed by atoms with Crippen molar-refractivity contribution in [1.82, 2.24) is 0 Å². The van der Waals surface area contributed by atoms with Crippen LogP contribution in [0, 0.1) is 10.1 Å². The molecule has 0 aromatic heterocycles. The average Bonchev–Trinajstić information content (AvgIpc) is 2.42. The van der Waals surface area contributed by atoms with Gasteiger partial charge in [0, 0.05) is 6.07 Å². The molecule has 0 aliphatic carbocycles. The molecule has 1 rings (SSSR count). The summed E-state index contributed by atoms with van der Waals surface area (Å²) in [5.41, 5.74) is -5.88. The highest BCUT2D eigenvalue weighted by molar-refractivity contribution is 7.86. The molecule has 0 radical (unpaired) electrons. The zero-order chi connectivity index (χ0) is 16.2. The summed E-state index contributed by atoms with van der Waals surface area (Å²) in [5.74, 6) is -1.26. The number of nitro groups is 1. The van der Waals surface area contributed by atoms with E-state index in [9.17, 15) is 32.3 Å². The van der Waals surface area contributed by atoms with Crippen LogP contribution >= 0.6 is 0 Å². The van der Waals surface area contributed by atoms with Crippen LogP contribution in [-0.2, 0) is 20.3 Å². The van der Waals surface area contributed by atoms with Gasteiger partial charge in [0.25, 0.3) is 0 Å². The van der Waals surface area contributed by atoms with Crippen LogP contribution in [0.25, 0.3) is 0 Å². The third-order valence-electron chi connectivity index (χ3n) is 2.12. The van der Waals surface area contributed by atoms with E-state index in [0.717, 1.165) is 19.2 Å². The summed E-state index contributed by atoms with van der Waals surface area (Å²) in [6.45, 7) is -0.654. The summed E-state index contributed by atoms with van der Waals surface area (Å²) < 4.78 is 57.1. The number of hydrogen-bond acceptors (Lipinski definition) is 6. The molecular weight excluding hydrogens is 319 g/mol. The van der Waals surface area contributed by atoms with E-state index in [-0.39, 0.29) is 0 Å². The SMILES string of the molecule is COC(=O)COc1ccc(S(=O)C(F)(F)F)cc1[N+](=O)[O-]. The molecule has 11 heteroatoms. The van der Waals surface area contributed by atoms with E-state index < -0.39 is 50.1 Å². The molecule has 0 N–H and O–H groups in total. The Bertz CT molecular complexity index is 589. The second kappa shape index (κ2) is 6.52. The predicted octanol–water partition coefficient (Wildman–Crippen LogP) is 1.77. The predicted molar refractivity (Wildman–Crippen MR) is 63.1 cm³/mol. The lowest BCUT2D eigenvalue weighted by atomic mass is 10.3. The van der Waals surface area contributed by atoms with Crippen molar-refractivity contribution in [2.45, 2.75) is 10.4 Å². The molecular formula is C10H8F3NO6S. The van der Waals surface area contributed by atoms with Crippen LogP contribution in [0.3, 0.4) is 0 Å². The zero-order valence-corrected chi connectivity index (χ0v) is 11.2. The fraction of sp³-hybridized carbons (Fsp3) is 0.300. The van der Waals surface area contributed by atoms with Gasteiger partial charge in [-0.05, 0) is 12.1 Å². The number of ether oxygens (including phenoxy) is 2. The maximum absolute atomic E-state index is 12.3. The molecule has 0 amide bonds. The highest BCUT2D eigenvalue weighted by Gasteiger charge is 2.39. The number of methoxy groups -OCH3 is 1. The quantitative estimate of drug-likeness (QED) is 0.465. The zero-order valence-electron chi connectivity index (χ0n) is 10.4. The average molecular weight is 327 g/mol. The molecule has 0 spiro atoms. The van der Waals surface area contributed by atoms with Gasteiger partial charge in [0.2, 0.25) is 0 Å². The Hall–Kier alpha value is -2.17. The van der Waals surface area contributed by atoms with E-state index >= 15 is 0 Å². The topological polar surface area (TPSA) is 95.7 Å². The summed E-state index contributed by atoms with van der Waals surface area (Å²) >= 11 is 0. The normalized spacial score (nSPS) is 12.6. The lowest BCUT2D eigenvalue weighted by molar-refractivity contribution is -0.386. The largest absolute Gasteiger partial charge is 0.475 e. The van der Waals surface area contributed by atoms with Gasteiger partial charge < -0.3 is 9.47 Å². The molecule has 0 aliphatic heterocycles. The first-order valence-electron chi connectivity index (χ1n) is 5.13. The summed E-state index contributed by atoms with van der Waals surface area (Å²) in [7, 11) is -2.34. The van der Waals surface area contributed by atoms with Crippen LogP contribution in [-0.4, -0.2) is 34.3 Å². The van der Waals surface area contributed by atoms with Crippen molar-refractivity contribution in [3.63, 3.8) is 0 Å². The number of nitro benzene ring substituents is 1. The maximum Gasteiger partial charge on any atom is 0.475 e. The molecule has 0 heterocycles. The lowest BCUT2D eigenvalue weighted by Crippen LogP contribution is -2.17. The highest BCUT2D eigenvalue weighted by atomic mass is 32.2. The van der Waals surface area contributed by atoms with Crippen molar-refractivity contribution >= 4 is 22.5 Å². The summed E-state index contributed by atoms with van der Waals surface area (Å²) in [6, 6.07) is 2.08. The minimum absolute atomic E-state index is 0.437. The molecule has 1 aromatic carbocycles. The number of rotatable bonds is 5. The van der Waals surface area contributed by atoms with E-state index in [4.69, 9.17) is 4.74 Å². The van der Waals surface area contributed by atoms with Crippen molar-refractivity contribution in [1.29, 1.82) is 0 Å². The van der Waals surface area contributed by atoms with Crippen LogP contribution in [0.5, 0.6) is 5.75 Å². The molecule has 0 aliphatic rings. The molecule has 0 bridgehead atoms. The van der Waals surface area contributed by atoms with Crippen molar-refractivity contribution < 1.29 is 36.6 Å². The third-order valence-corrected chi connectivity index (χ3v) is 3.23. The number of carbonyl (C=O) groups is 1. The number of alkyl halides is 3. The first kappa shape index (κ1) is 16.9. The van der Waals surface area contributed by atoms with Crippen molar-refractivity contribution in [2.24, 2.45) is 0 Å². The van der Waals surface area contributed by atoms with E-state index in [0.29, 0.717) is 6.07 Å². The smallest absolute Gasteiger partial charge is 0.475 e. The fourth-order valence-corrected chi connectivity index (χ4v) is 1.88. The Morgan fingerprint density at radius 3 is 2.52 bits per heavy atom. The number of benzene rings is 1. The van der Waals surface area contributed by atoms with Crippen molar-refractivity contribution in [2.75, 3.05) is 13.7 Å². The van der Waals surface area contributed by atoms with Gasteiger partial charge in [-0.2, -0.15) is 13.2 Å². The number of nitrogens with zero attached hydrogens (tertiary/aromatic N) is 1. The second-order valence-corrected chi connectivity index (χ2v) is 4.94. The Morgan fingerprint density at radius 2 is 2.05 bits per heavy atom. The van der Waals surface area contributed by atoms with Crippen LogP contribution < -0.4 is 4.74 Å². The third kappa shape index (κ3) is 4.41.